The summed E-state index contributed by atoms with van der Waals surface area (Å²) in [5, 5.41) is 13.5. The van der Waals surface area contributed by atoms with Crippen LogP contribution in [0, 0.1) is 0 Å². The van der Waals surface area contributed by atoms with Crippen molar-refractivity contribution in [1.82, 2.24) is 0 Å². The Balaban J connectivity index is 1.23. The zero-order chi connectivity index (χ0) is 38.0. The molecule has 0 atom stereocenters. The maximum absolute atomic E-state index is 2.52. The molecule has 0 heteroatoms. The lowest BCUT2D eigenvalue weighted by Gasteiger charge is -2.23. The van der Waals surface area contributed by atoms with E-state index in [0.717, 1.165) is 0 Å². The molecule has 2 aliphatic rings. The fraction of sp³-hybridized carbons (Fsp3) is 0.296. The van der Waals surface area contributed by atoms with E-state index in [2.05, 4.69) is 180 Å². The van der Waals surface area contributed by atoms with Gasteiger partial charge >= 0.3 is 0 Å². The van der Waals surface area contributed by atoms with Gasteiger partial charge in [-0.1, -0.05) is 132 Å². The van der Waals surface area contributed by atoms with Gasteiger partial charge in [0, 0.05) is 0 Å². The van der Waals surface area contributed by atoms with Crippen molar-refractivity contribution in [3.8, 4) is 44.5 Å². The topological polar surface area (TPSA) is 0 Å². The molecule has 0 spiro atoms. The Morgan fingerprint density at radius 2 is 0.519 bits per heavy atom. The molecular formula is C54H52. The van der Waals surface area contributed by atoms with Crippen LogP contribution in [0.25, 0.3) is 98.4 Å². The highest BCUT2D eigenvalue weighted by molar-refractivity contribution is 6.25. The van der Waals surface area contributed by atoms with Crippen molar-refractivity contribution in [2.24, 2.45) is 0 Å². The second-order valence-corrected chi connectivity index (χ2v) is 20.8. The molecule has 8 aromatic carbocycles. The van der Waals surface area contributed by atoms with Crippen molar-refractivity contribution in [3.63, 3.8) is 0 Å². The Morgan fingerprint density at radius 1 is 0.241 bits per heavy atom. The van der Waals surface area contributed by atoms with Crippen molar-refractivity contribution in [1.29, 1.82) is 0 Å². The first kappa shape index (κ1) is 33.6. The largest absolute Gasteiger partial charge is 0.0561 e. The highest BCUT2D eigenvalue weighted by Gasteiger charge is 2.30. The molecule has 0 N–H and O–H groups in total. The third-order valence-corrected chi connectivity index (χ3v) is 12.8. The minimum absolute atomic E-state index is 0.0556. The van der Waals surface area contributed by atoms with Gasteiger partial charge in [-0.15, -0.1) is 0 Å². The molecule has 0 bridgehead atoms. The van der Waals surface area contributed by atoms with Crippen molar-refractivity contribution in [2.75, 3.05) is 0 Å². The standard InChI is InChI=1S/C54H52/c1-51(2,3)33-17-31-19-35(53(7,8)9)25-47-43-27-39-29(21-41(43)45(23-33)49(31)47)13-15-38-37(39)16-14-30-22-42-44(28-40(30)38)48-26-36(54(10,11)12)20-32-18-34(52(4,5)6)24-46(42)50(32)48/h13-28H,1-12H3. The van der Waals surface area contributed by atoms with E-state index in [1.165, 1.54) is 121 Å². The Kier molecular flexibility index (Phi) is 6.49. The second kappa shape index (κ2) is 10.4. The normalized spacial score (nSPS) is 13.9. The first-order valence-electron chi connectivity index (χ1n) is 20.0. The van der Waals surface area contributed by atoms with Crippen LogP contribution in [0.1, 0.15) is 105 Å². The summed E-state index contributed by atoms with van der Waals surface area (Å²) in [7, 11) is 0. The van der Waals surface area contributed by atoms with Crippen LogP contribution < -0.4 is 0 Å². The van der Waals surface area contributed by atoms with Gasteiger partial charge in [-0.25, -0.2) is 0 Å². The summed E-state index contributed by atoms with van der Waals surface area (Å²) >= 11 is 0. The molecule has 0 saturated heterocycles. The van der Waals surface area contributed by atoms with Gasteiger partial charge in [0.25, 0.3) is 0 Å². The zero-order valence-electron chi connectivity index (χ0n) is 34.2. The van der Waals surface area contributed by atoms with Gasteiger partial charge in [0.2, 0.25) is 0 Å². The van der Waals surface area contributed by atoms with E-state index in [-0.39, 0.29) is 21.7 Å². The van der Waals surface area contributed by atoms with Gasteiger partial charge < -0.3 is 0 Å². The smallest absolute Gasteiger partial charge is 0.00260 e. The van der Waals surface area contributed by atoms with Crippen LogP contribution in [-0.4, -0.2) is 0 Å². The van der Waals surface area contributed by atoms with Crippen LogP contribution in [0.5, 0.6) is 0 Å². The molecule has 54 heavy (non-hydrogen) atoms. The molecule has 10 rings (SSSR count). The van der Waals surface area contributed by atoms with Gasteiger partial charge in [-0.3, -0.25) is 0 Å². The lowest BCUT2D eigenvalue weighted by atomic mass is 9.81. The van der Waals surface area contributed by atoms with E-state index in [1.807, 2.05) is 0 Å². The molecule has 0 fully saturated rings. The molecule has 0 amide bonds. The molecular weight excluding hydrogens is 649 g/mol. The highest BCUT2D eigenvalue weighted by Crippen LogP contribution is 2.54. The van der Waals surface area contributed by atoms with Crippen molar-refractivity contribution >= 4 is 53.9 Å². The third kappa shape index (κ3) is 4.74. The number of benzene rings is 8. The number of fused-ring (bicyclic) bond motifs is 11. The molecule has 0 nitrogen and oxygen atoms in total. The monoisotopic (exact) mass is 700 g/mol. The molecule has 0 aromatic heterocycles. The second-order valence-electron chi connectivity index (χ2n) is 20.8. The van der Waals surface area contributed by atoms with Crippen molar-refractivity contribution in [3.05, 3.63) is 119 Å². The Hall–Kier alpha value is -4.94. The molecule has 0 aliphatic heterocycles. The van der Waals surface area contributed by atoms with Gasteiger partial charge in [0.05, 0.1) is 0 Å². The fourth-order valence-electron chi connectivity index (χ4n) is 9.48. The number of rotatable bonds is 0. The minimum atomic E-state index is 0.0556. The number of hydrogen-bond acceptors (Lipinski definition) is 0. The quantitative estimate of drug-likeness (QED) is 0.138. The molecule has 0 unspecified atom stereocenters. The van der Waals surface area contributed by atoms with Crippen LogP contribution >= 0.6 is 0 Å². The van der Waals surface area contributed by atoms with E-state index in [9.17, 15) is 0 Å². The highest BCUT2D eigenvalue weighted by atomic mass is 14.3. The molecule has 0 saturated carbocycles. The minimum Gasteiger partial charge on any atom is -0.0561 e. The first-order valence-corrected chi connectivity index (χ1v) is 20.0. The van der Waals surface area contributed by atoms with E-state index in [0.29, 0.717) is 0 Å². The van der Waals surface area contributed by atoms with E-state index >= 15 is 0 Å². The van der Waals surface area contributed by atoms with Gasteiger partial charge in [0.1, 0.15) is 0 Å². The Labute approximate surface area is 321 Å². The molecule has 2 aliphatic carbocycles. The van der Waals surface area contributed by atoms with Crippen LogP contribution in [0.2, 0.25) is 0 Å². The summed E-state index contributed by atoms with van der Waals surface area (Å²) in [6, 6.07) is 39.3. The predicted molar refractivity (Wildman–Crippen MR) is 238 cm³/mol. The van der Waals surface area contributed by atoms with Crippen molar-refractivity contribution in [2.45, 2.75) is 105 Å². The van der Waals surface area contributed by atoms with Crippen LogP contribution in [0.3, 0.4) is 0 Å². The maximum atomic E-state index is 2.52. The van der Waals surface area contributed by atoms with Crippen LogP contribution in [0.4, 0.5) is 0 Å². The summed E-state index contributed by atoms with van der Waals surface area (Å²) in [4.78, 5) is 0. The zero-order valence-corrected chi connectivity index (χ0v) is 34.2. The lowest BCUT2D eigenvalue weighted by molar-refractivity contribution is 0.589. The maximum Gasteiger partial charge on any atom is -0.00260 e. The fourth-order valence-corrected chi connectivity index (χ4v) is 9.48. The van der Waals surface area contributed by atoms with Crippen LogP contribution in [-0.2, 0) is 21.7 Å². The summed E-state index contributed by atoms with van der Waals surface area (Å²) in [5.41, 5.74) is 16.8. The van der Waals surface area contributed by atoms with Crippen molar-refractivity contribution < 1.29 is 0 Å². The molecule has 8 aromatic rings. The van der Waals surface area contributed by atoms with Gasteiger partial charge in [0.15, 0.2) is 0 Å². The van der Waals surface area contributed by atoms with E-state index in [1.54, 1.807) is 0 Å². The summed E-state index contributed by atoms with van der Waals surface area (Å²) in [6.45, 7) is 28.1. The summed E-state index contributed by atoms with van der Waals surface area (Å²) in [5.74, 6) is 0. The van der Waals surface area contributed by atoms with E-state index in [4.69, 9.17) is 0 Å². The predicted octanol–water partition coefficient (Wildman–Crippen LogP) is 15.9. The lowest BCUT2D eigenvalue weighted by Crippen LogP contribution is -2.12. The first-order chi connectivity index (χ1) is 25.3. The summed E-state index contributed by atoms with van der Waals surface area (Å²) < 4.78 is 0. The average Bonchev–Trinajstić information content (AvgIpc) is 3.57. The Bertz CT molecular complexity index is 2770. The number of hydrogen-bond donors (Lipinski definition) is 0. The molecule has 0 radical (unpaired) electrons. The molecule has 268 valence electrons. The average molecular weight is 701 g/mol. The Morgan fingerprint density at radius 3 is 0.796 bits per heavy atom. The van der Waals surface area contributed by atoms with E-state index < -0.39 is 0 Å². The van der Waals surface area contributed by atoms with Gasteiger partial charge in [-0.2, -0.15) is 0 Å². The molecule has 0 heterocycles. The SMILES string of the molecule is CC(C)(C)c1cc2c3c(cc(C(C)(C)C)cc3c1)-c1cc3c(ccc4c5cc6c(cc5ccc34)-c3cc(C(C)(C)C)cc4cc(C(C)(C)C)cc-6c34)cc1-2. The van der Waals surface area contributed by atoms with Crippen LogP contribution in [0.15, 0.2) is 97.1 Å². The van der Waals surface area contributed by atoms with Gasteiger partial charge in [-0.05, 0) is 191 Å². The summed E-state index contributed by atoms with van der Waals surface area (Å²) in [6.07, 6.45) is 0. The third-order valence-electron chi connectivity index (χ3n) is 12.8.